The van der Waals surface area contributed by atoms with E-state index in [1.54, 1.807) is 61.7 Å². The molecule has 4 rings (SSSR count). The van der Waals surface area contributed by atoms with E-state index in [1.807, 2.05) is 12.1 Å². The largest absolute Gasteiger partial charge is 0.504 e. The van der Waals surface area contributed by atoms with Crippen molar-refractivity contribution in [1.29, 1.82) is 0 Å². The molecule has 0 atom stereocenters. The van der Waals surface area contributed by atoms with Gasteiger partial charge in [-0.3, -0.25) is 14.5 Å². The maximum Gasteiger partial charge on any atom is 0.261 e. The molecular formula is C25H21NO5. The minimum atomic E-state index is -0.394. The van der Waals surface area contributed by atoms with Gasteiger partial charge in [0.25, 0.3) is 11.8 Å². The quantitative estimate of drug-likeness (QED) is 0.501. The highest BCUT2D eigenvalue weighted by Gasteiger charge is 2.34. The number of carbonyl (C=O) groups is 2. The van der Waals surface area contributed by atoms with E-state index in [4.69, 9.17) is 9.47 Å². The van der Waals surface area contributed by atoms with Crippen LogP contribution in [0, 0.1) is 0 Å². The summed E-state index contributed by atoms with van der Waals surface area (Å²) in [7, 11) is 3.05. The smallest absolute Gasteiger partial charge is 0.261 e. The van der Waals surface area contributed by atoms with Crippen LogP contribution >= 0.6 is 0 Å². The summed E-state index contributed by atoms with van der Waals surface area (Å²) in [6, 6.07) is 19.1. The summed E-state index contributed by atoms with van der Waals surface area (Å²) in [6.07, 6.45) is 1.67. The molecular weight excluding hydrogens is 394 g/mol. The van der Waals surface area contributed by atoms with E-state index >= 15 is 0 Å². The van der Waals surface area contributed by atoms with Crippen molar-refractivity contribution in [3.05, 3.63) is 89.0 Å². The van der Waals surface area contributed by atoms with Crippen molar-refractivity contribution in [1.82, 2.24) is 4.90 Å². The first-order valence-corrected chi connectivity index (χ1v) is 9.69. The fourth-order valence-corrected chi connectivity index (χ4v) is 3.56. The van der Waals surface area contributed by atoms with Gasteiger partial charge in [0.05, 0.1) is 20.8 Å². The number of carbonyl (C=O) groups excluding carboxylic acids is 2. The first kappa shape index (κ1) is 20.2. The molecule has 0 unspecified atom stereocenters. The van der Waals surface area contributed by atoms with Crippen molar-refractivity contribution in [2.75, 3.05) is 14.2 Å². The van der Waals surface area contributed by atoms with Gasteiger partial charge in [-0.2, -0.15) is 0 Å². The number of nitrogens with zero attached hydrogens (tertiary/aromatic N) is 1. The Labute approximate surface area is 180 Å². The average molecular weight is 415 g/mol. The van der Waals surface area contributed by atoms with Crippen LogP contribution in [0.5, 0.6) is 17.2 Å². The lowest BCUT2D eigenvalue weighted by atomic mass is 9.91. The lowest BCUT2D eigenvalue weighted by Crippen LogP contribution is -2.41. The highest BCUT2D eigenvalue weighted by molar-refractivity contribution is 6.33. The number of methoxy groups -OCH3 is 2. The lowest BCUT2D eigenvalue weighted by Gasteiger charge is -2.29. The number of imide groups is 1. The van der Waals surface area contributed by atoms with E-state index in [0.29, 0.717) is 33.8 Å². The summed E-state index contributed by atoms with van der Waals surface area (Å²) < 4.78 is 10.3. The summed E-state index contributed by atoms with van der Waals surface area (Å²) >= 11 is 0. The van der Waals surface area contributed by atoms with Gasteiger partial charge in [-0.1, -0.05) is 36.4 Å². The Morgan fingerprint density at radius 3 is 2.23 bits per heavy atom. The maximum atomic E-state index is 13.4. The molecule has 0 aliphatic carbocycles. The molecule has 0 bridgehead atoms. The Hall–Kier alpha value is -4.06. The topological polar surface area (TPSA) is 76.1 Å². The molecule has 0 saturated carbocycles. The van der Waals surface area contributed by atoms with Gasteiger partial charge >= 0.3 is 0 Å². The van der Waals surface area contributed by atoms with Gasteiger partial charge in [-0.25, -0.2) is 0 Å². The predicted octanol–water partition coefficient (Wildman–Crippen LogP) is 4.13. The van der Waals surface area contributed by atoms with Crippen molar-refractivity contribution in [2.24, 2.45) is 0 Å². The van der Waals surface area contributed by atoms with Crippen LogP contribution in [0.4, 0.5) is 0 Å². The molecule has 0 saturated heterocycles. The van der Waals surface area contributed by atoms with Crippen molar-refractivity contribution < 1.29 is 24.2 Å². The fourth-order valence-electron chi connectivity index (χ4n) is 3.56. The third kappa shape index (κ3) is 3.88. The number of phenols is 1. The number of aromatic hydroxyl groups is 1. The van der Waals surface area contributed by atoms with Gasteiger partial charge in [0.1, 0.15) is 5.75 Å². The minimum Gasteiger partial charge on any atom is -0.504 e. The van der Waals surface area contributed by atoms with Gasteiger partial charge in [0.2, 0.25) is 0 Å². The van der Waals surface area contributed by atoms with Gasteiger partial charge in [0.15, 0.2) is 11.5 Å². The predicted molar refractivity (Wildman–Crippen MR) is 117 cm³/mol. The van der Waals surface area contributed by atoms with Gasteiger partial charge < -0.3 is 14.6 Å². The van der Waals surface area contributed by atoms with Crippen molar-refractivity contribution in [3.63, 3.8) is 0 Å². The van der Waals surface area contributed by atoms with E-state index in [9.17, 15) is 14.7 Å². The summed E-state index contributed by atoms with van der Waals surface area (Å²) in [5.74, 6) is 0.277. The molecule has 6 heteroatoms. The molecule has 0 fully saturated rings. The van der Waals surface area contributed by atoms with E-state index in [0.717, 1.165) is 5.56 Å². The monoisotopic (exact) mass is 415 g/mol. The number of rotatable bonds is 5. The van der Waals surface area contributed by atoms with Crippen LogP contribution in [-0.4, -0.2) is 36.0 Å². The summed E-state index contributed by atoms with van der Waals surface area (Å²) in [4.78, 5) is 27.7. The summed E-state index contributed by atoms with van der Waals surface area (Å²) in [6.45, 7) is 0.140. The molecule has 2 amide bonds. The molecule has 0 spiro atoms. The Morgan fingerprint density at radius 2 is 1.58 bits per heavy atom. The molecule has 156 valence electrons. The van der Waals surface area contributed by atoms with Crippen LogP contribution in [-0.2, 0) is 11.3 Å². The Bertz CT molecular complexity index is 1180. The molecule has 6 nitrogen and oxygen atoms in total. The first-order chi connectivity index (χ1) is 15.0. The number of ether oxygens (including phenoxy) is 2. The second-order valence-corrected chi connectivity index (χ2v) is 7.08. The molecule has 1 aliphatic heterocycles. The van der Waals surface area contributed by atoms with Crippen LogP contribution < -0.4 is 9.47 Å². The minimum absolute atomic E-state index is 0.0282. The summed E-state index contributed by atoms with van der Waals surface area (Å²) in [5, 5.41) is 10.1. The van der Waals surface area contributed by atoms with Crippen LogP contribution in [0.3, 0.4) is 0 Å². The number of amides is 2. The molecule has 3 aromatic carbocycles. The Balaban J connectivity index is 1.75. The fraction of sp³-hybridized carbons (Fsp3) is 0.120. The molecule has 1 heterocycles. The second kappa shape index (κ2) is 8.36. The van der Waals surface area contributed by atoms with E-state index in [1.165, 1.54) is 18.1 Å². The molecule has 1 aliphatic rings. The molecule has 31 heavy (non-hydrogen) atoms. The number of hydrogen-bond acceptors (Lipinski definition) is 5. The van der Waals surface area contributed by atoms with Crippen LogP contribution in [0.2, 0.25) is 0 Å². The first-order valence-electron chi connectivity index (χ1n) is 9.69. The average Bonchev–Trinajstić information content (AvgIpc) is 2.80. The third-order valence-electron chi connectivity index (χ3n) is 5.18. The van der Waals surface area contributed by atoms with Crippen molar-refractivity contribution >= 4 is 23.5 Å². The number of phenolic OH excluding ortho intramolecular Hbond substituents is 1. The number of benzene rings is 3. The normalized spacial score (nSPS) is 14.5. The Kier molecular flexibility index (Phi) is 5.45. The molecule has 3 aromatic rings. The maximum absolute atomic E-state index is 13.4. The van der Waals surface area contributed by atoms with Gasteiger partial charge in [-0.15, -0.1) is 0 Å². The van der Waals surface area contributed by atoms with E-state index in [2.05, 4.69) is 0 Å². The van der Waals surface area contributed by atoms with Crippen LogP contribution in [0.1, 0.15) is 27.0 Å². The van der Waals surface area contributed by atoms with Gasteiger partial charge in [-0.05, 0) is 53.1 Å². The summed E-state index contributed by atoms with van der Waals surface area (Å²) in [5.41, 5.74) is 2.84. The highest BCUT2D eigenvalue weighted by atomic mass is 16.5. The molecule has 0 radical (unpaired) electrons. The zero-order valence-corrected chi connectivity index (χ0v) is 17.2. The van der Waals surface area contributed by atoms with E-state index in [-0.39, 0.29) is 18.2 Å². The van der Waals surface area contributed by atoms with Gasteiger partial charge in [0, 0.05) is 11.1 Å². The lowest BCUT2D eigenvalue weighted by molar-refractivity contribution is -0.123. The molecule has 1 N–H and O–H groups in total. The van der Waals surface area contributed by atoms with Crippen LogP contribution in [0.15, 0.2) is 66.7 Å². The highest BCUT2D eigenvalue weighted by Crippen LogP contribution is 2.33. The SMILES string of the molecule is COc1ccc(CN2C(=O)/C(=C/c3ccc(OC)c(O)c3)c3ccccc3C2=O)cc1. The Morgan fingerprint density at radius 1 is 0.871 bits per heavy atom. The second-order valence-electron chi connectivity index (χ2n) is 7.08. The molecule has 0 aromatic heterocycles. The standard InChI is InChI=1S/C25H21NO5/c1-30-18-10-7-16(8-11-18)15-26-24(28)20-6-4-3-5-19(20)21(25(26)29)13-17-9-12-23(31-2)22(27)14-17/h3-14,27H,15H2,1-2H3/b21-13+. The van der Waals surface area contributed by atoms with Crippen LogP contribution in [0.25, 0.3) is 11.6 Å². The zero-order valence-electron chi connectivity index (χ0n) is 17.2. The third-order valence-corrected chi connectivity index (χ3v) is 5.18. The van der Waals surface area contributed by atoms with Crippen molar-refractivity contribution in [3.8, 4) is 17.2 Å². The van der Waals surface area contributed by atoms with E-state index < -0.39 is 5.91 Å². The van der Waals surface area contributed by atoms with Crippen molar-refractivity contribution in [2.45, 2.75) is 6.54 Å². The number of fused-ring (bicyclic) bond motifs is 1. The zero-order chi connectivity index (χ0) is 22.0. The number of hydrogen-bond donors (Lipinski definition) is 1.